The van der Waals surface area contributed by atoms with E-state index in [-0.39, 0.29) is 5.92 Å². The summed E-state index contributed by atoms with van der Waals surface area (Å²) in [5.41, 5.74) is 1.25. The molecule has 1 N–H and O–H groups in total. The molecule has 23 heavy (non-hydrogen) atoms. The maximum atomic E-state index is 13.0. The molecule has 0 aliphatic rings. The van der Waals surface area contributed by atoms with Crippen LogP contribution in [0.2, 0.25) is 0 Å². The average Bonchev–Trinajstić information content (AvgIpc) is 2.47. The molecule has 1 aromatic carbocycles. The van der Waals surface area contributed by atoms with Crippen LogP contribution in [-0.2, 0) is 6.18 Å². The van der Waals surface area contributed by atoms with Gasteiger partial charge in [0.2, 0.25) is 0 Å². The van der Waals surface area contributed by atoms with Gasteiger partial charge in [-0.3, -0.25) is 0 Å². The predicted molar refractivity (Wildman–Crippen MR) is 90.7 cm³/mol. The minimum absolute atomic E-state index is 0.143. The van der Waals surface area contributed by atoms with Gasteiger partial charge in [-0.2, -0.15) is 13.2 Å². The first-order valence-electron chi connectivity index (χ1n) is 8.53. The van der Waals surface area contributed by atoms with Gasteiger partial charge in [0.1, 0.15) is 0 Å². The number of hydrogen-bond acceptors (Lipinski definition) is 1. The van der Waals surface area contributed by atoms with E-state index in [9.17, 15) is 13.2 Å². The van der Waals surface area contributed by atoms with Crippen molar-refractivity contribution in [2.24, 2.45) is 11.8 Å². The maximum Gasteiger partial charge on any atom is 0.416 e. The van der Waals surface area contributed by atoms with Crippen molar-refractivity contribution in [1.29, 1.82) is 0 Å². The van der Waals surface area contributed by atoms with E-state index in [4.69, 9.17) is 0 Å². The molecule has 4 heteroatoms. The lowest BCUT2D eigenvalue weighted by atomic mass is 9.79. The third kappa shape index (κ3) is 5.83. The van der Waals surface area contributed by atoms with Crippen molar-refractivity contribution in [3.8, 4) is 0 Å². The van der Waals surface area contributed by atoms with Gasteiger partial charge in [-0.25, -0.2) is 0 Å². The number of nitrogens with one attached hydrogen (secondary N) is 1. The molecule has 1 nitrogen and oxygen atoms in total. The van der Waals surface area contributed by atoms with Gasteiger partial charge in [0.25, 0.3) is 0 Å². The first-order valence-corrected chi connectivity index (χ1v) is 8.53. The number of benzene rings is 1. The zero-order valence-electron chi connectivity index (χ0n) is 14.9. The highest BCUT2D eigenvalue weighted by molar-refractivity contribution is 5.35. The zero-order chi connectivity index (χ0) is 17.6. The minimum Gasteiger partial charge on any atom is -0.319 e. The van der Waals surface area contributed by atoms with Crippen molar-refractivity contribution in [2.75, 3.05) is 13.6 Å². The molecule has 1 aromatic rings. The van der Waals surface area contributed by atoms with E-state index in [1.165, 1.54) is 12.1 Å². The molecule has 3 unspecified atom stereocenters. The van der Waals surface area contributed by atoms with Crippen molar-refractivity contribution in [3.63, 3.8) is 0 Å². The molecule has 3 atom stereocenters. The van der Waals surface area contributed by atoms with Crippen LogP contribution in [0.5, 0.6) is 0 Å². The van der Waals surface area contributed by atoms with E-state index in [1.54, 1.807) is 6.07 Å². The van der Waals surface area contributed by atoms with Crippen molar-refractivity contribution in [2.45, 2.75) is 59.1 Å². The predicted octanol–water partition coefficient (Wildman–Crippen LogP) is 5.78. The van der Waals surface area contributed by atoms with E-state index >= 15 is 0 Å². The topological polar surface area (TPSA) is 12.0 Å². The molecular weight excluding hydrogens is 299 g/mol. The second kappa shape index (κ2) is 8.72. The van der Waals surface area contributed by atoms with E-state index in [0.717, 1.165) is 36.9 Å². The molecule has 0 bridgehead atoms. The molecule has 0 aromatic heterocycles. The maximum absolute atomic E-state index is 13.0. The van der Waals surface area contributed by atoms with Crippen LogP contribution in [0.3, 0.4) is 0 Å². The van der Waals surface area contributed by atoms with Crippen LogP contribution >= 0.6 is 0 Å². The minimum atomic E-state index is -4.27. The zero-order valence-corrected chi connectivity index (χ0v) is 14.9. The lowest BCUT2D eigenvalue weighted by Gasteiger charge is -2.26. The third-order valence-corrected chi connectivity index (χ3v) is 4.91. The Kier molecular flexibility index (Phi) is 7.59. The standard InChI is InChI=1S/C19H30F3N/c1-6-16(9-7-13(2)12-23-5)15(4)18-11-17(19(20,21)22)10-8-14(18)3/h8,10-11,13,15-16,23H,6-7,9,12H2,1-5H3. The second-order valence-electron chi connectivity index (χ2n) is 6.77. The van der Waals surface area contributed by atoms with Gasteiger partial charge < -0.3 is 5.32 Å². The Labute approximate surface area is 138 Å². The van der Waals surface area contributed by atoms with Crippen molar-refractivity contribution < 1.29 is 13.2 Å². The highest BCUT2D eigenvalue weighted by Crippen LogP contribution is 2.37. The SMILES string of the molecule is CCC(CCC(C)CNC)C(C)c1cc(C(F)(F)F)ccc1C. The highest BCUT2D eigenvalue weighted by Gasteiger charge is 2.31. The number of aryl methyl sites for hydroxylation is 1. The number of rotatable bonds is 8. The van der Waals surface area contributed by atoms with Gasteiger partial charge >= 0.3 is 6.18 Å². The van der Waals surface area contributed by atoms with Crippen LogP contribution in [0.4, 0.5) is 13.2 Å². The molecule has 0 aliphatic carbocycles. The normalized spacial score (nSPS) is 16.2. The molecule has 0 saturated heterocycles. The van der Waals surface area contributed by atoms with Gasteiger partial charge in [-0.05, 0) is 74.4 Å². The Morgan fingerprint density at radius 2 is 1.78 bits per heavy atom. The Balaban J connectivity index is 2.90. The van der Waals surface area contributed by atoms with E-state index in [0.29, 0.717) is 11.8 Å². The highest BCUT2D eigenvalue weighted by atomic mass is 19.4. The van der Waals surface area contributed by atoms with Crippen molar-refractivity contribution in [1.82, 2.24) is 5.32 Å². The number of alkyl halides is 3. The third-order valence-electron chi connectivity index (χ3n) is 4.91. The molecule has 0 aliphatic heterocycles. The van der Waals surface area contributed by atoms with E-state index in [2.05, 4.69) is 26.1 Å². The Bertz CT molecular complexity index is 482. The van der Waals surface area contributed by atoms with E-state index < -0.39 is 11.7 Å². The summed E-state index contributed by atoms with van der Waals surface area (Å²) in [7, 11) is 1.95. The molecular formula is C19H30F3N. The largest absolute Gasteiger partial charge is 0.416 e. The summed E-state index contributed by atoms with van der Waals surface area (Å²) in [4.78, 5) is 0. The fourth-order valence-electron chi connectivity index (χ4n) is 3.32. The van der Waals surface area contributed by atoms with Crippen molar-refractivity contribution >= 4 is 0 Å². The lowest BCUT2D eigenvalue weighted by Crippen LogP contribution is -2.18. The monoisotopic (exact) mass is 329 g/mol. The van der Waals surface area contributed by atoms with Gasteiger partial charge in [0, 0.05) is 0 Å². The average molecular weight is 329 g/mol. The molecule has 0 amide bonds. The second-order valence-corrected chi connectivity index (χ2v) is 6.77. The van der Waals surface area contributed by atoms with Crippen LogP contribution in [0.25, 0.3) is 0 Å². The number of halogens is 3. The Morgan fingerprint density at radius 1 is 1.13 bits per heavy atom. The summed E-state index contributed by atoms with van der Waals surface area (Å²) in [6, 6.07) is 4.13. The summed E-state index contributed by atoms with van der Waals surface area (Å²) in [5.74, 6) is 1.14. The lowest BCUT2D eigenvalue weighted by molar-refractivity contribution is -0.137. The molecule has 0 radical (unpaired) electrons. The van der Waals surface area contributed by atoms with Gasteiger partial charge in [-0.15, -0.1) is 0 Å². The molecule has 1 rings (SSSR count). The van der Waals surface area contributed by atoms with Crippen LogP contribution in [-0.4, -0.2) is 13.6 Å². The van der Waals surface area contributed by atoms with Crippen LogP contribution < -0.4 is 5.32 Å². The van der Waals surface area contributed by atoms with Crippen LogP contribution in [0, 0.1) is 18.8 Å². The van der Waals surface area contributed by atoms with Crippen LogP contribution in [0.1, 0.15) is 62.6 Å². The summed E-state index contributed by atoms with van der Waals surface area (Å²) in [5, 5.41) is 3.18. The van der Waals surface area contributed by atoms with Crippen molar-refractivity contribution in [3.05, 3.63) is 34.9 Å². The van der Waals surface area contributed by atoms with Gasteiger partial charge in [0.05, 0.1) is 5.56 Å². The first kappa shape index (κ1) is 20.0. The fraction of sp³-hybridized carbons (Fsp3) is 0.684. The summed E-state index contributed by atoms with van der Waals surface area (Å²) in [6.45, 7) is 9.30. The molecule has 0 saturated carbocycles. The van der Waals surface area contributed by atoms with Gasteiger partial charge in [-0.1, -0.05) is 33.3 Å². The summed E-state index contributed by atoms with van der Waals surface area (Å²) >= 11 is 0. The Hall–Kier alpha value is -1.03. The molecule has 0 spiro atoms. The quantitative estimate of drug-likeness (QED) is 0.637. The van der Waals surface area contributed by atoms with Gasteiger partial charge in [0.15, 0.2) is 0 Å². The number of hydrogen-bond donors (Lipinski definition) is 1. The first-order chi connectivity index (χ1) is 10.7. The molecule has 0 heterocycles. The summed E-state index contributed by atoms with van der Waals surface area (Å²) in [6.07, 6.45) is -1.13. The molecule has 132 valence electrons. The summed E-state index contributed by atoms with van der Waals surface area (Å²) < 4.78 is 38.9. The smallest absolute Gasteiger partial charge is 0.319 e. The van der Waals surface area contributed by atoms with E-state index in [1.807, 2.05) is 14.0 Å². The molecule has 0 fully saturated rings. The van der Waals surface area contributed by atoms with Crippen LogP contribution in [0.15, 0.2) is 18.2 Å². The fourth-order valence-corrected chi connectivity index (χ4v) is 3.32. The Morgan fingerprint density at radius 3 is 2.30 bits per heavy atom.